The van der Waals surface area contributed by atoms with Crippen molar-refractivity contribution in [2.24, 2.45) is 0 Å². The average Bonchev–Trinajstić information content (AvgIpc) is 2.59. The van der Waals surface area contributed by atoms with Gasteiger partial charge in [0.25, 0.3) is 5.91 Å². The molecule has 5 nitrogen and oxygen atoms in total. The van der Waals surface area contributed by atoms with E-state index in [1.54, 1.807) is 0 Å². The van der Waals surface area contributed by atoms with E-state index in [1.807, 2.05) is 0 Å². The average molecular weight is 384 g/mol. The van der Waals surface area contributed by atoms with Gasteiger partial charge in [-0.1, -0.05) is 11.6 Å². The maximum Gasteiger partial charge on any atom is 0.347 e. The Balaban J connectivity index is 1.90. The number of nitrogens with one attached hydrogen (secondary N) is 1. The molecular weight excluding hydrogens is 368 g/mol. The van der Waals surface area contributed by atoms with Crippen LogP contribution in [0.25, 0.3) is 0 Å². The molecule has 0 bridgehead atoms. The Labute approximate surface area is 153 Å². The quantitative estimate of drug-likeness (QED) is 0.767. The normalized spacial score (nSPS) is 12.8. The maximum absolute atomic E-state index is 13.0. The van der Waals surface area contributed by atoms with Gasteiger partial charge in [0.2, 0.25) is 0 Å². The number of carbonyl (C=O) groups is 2. The number of rotatable bonds is 6. The SMILES string of the molecule is C[C@H](OC(=O)[C@@H](C)Oc1ccc(F)cc1)C(=O)Nc1ccc(F)cc1Cl. The van der Waals surface area contributed by atoms with E-state index in [0.717, 1.165) is 12.1 Å². The Morgan fingerprint density at radius 3 is 2.23 bits per heavy atom. The lowest BCUT2D eigenvalue weighted by Gasteiger charge is -2.18. The molecule has 2 atom stereocenters. The highest BCUT2D eigenvalue weighted by atomic mass is 35.5. The van der Waals surface area contributed by atoms with Gasteiger partial charge in [-0.2, -0.15) is 0 Å². The summed E-state index contributed by atoms with van der Waals surface area (Å²) in [6, 6.07) is 8.59. The first-order chi connectivity index (χ1) is 12.3. The molecule has 0 aromatic heterocycles. The molecule has 1 N–H and O–H groups in total. The van der Waals surface area contributed by atoms with Gasteiger partial charge in [-0.3, -0.25) is 4.79 Å². The molecule has 2 rings (SSSR count). The fourth-order valence-corrected chi connectivity index (χ4v) is 2.13. The van der Waals surface area contributed by atoms with Crippen LogP contribution in [0.5, 0.6) is 5.75 Å². The van der Waals surface area contributed by atoms with Gasteiger partial charge in [0, 0.05) is 0 Å². The minimum absolute atomic E-state index is 0.0184. The van der Waals surface area contributed by atoms with Crippen LogP contribution < -0.4 is 10.1 Å². The predicted octanol–water partition coefficient (Wildman–Crippen LogP) is 3.96. The van der Waals surface area contributed by atoms with Crippen molar-refractivity contribution in [2.45, 2.75) is 26.1 Å². The van der Waals surface area contributed by atoms with Crippen LogP contribution in [0.15, 0.2) is 42.5 Å². The zero-order valence-electron chi connectivity index (χ0n) is 14.0. The molecule has 0 aliphatic heterocycles. The number of amides is 1. The summed E-state index contributed by atoms with van der Waals surface area (Å²) in [5, 5.41) is 2.46. The van der Waals surface area contributed by atoms with Crippen LogP contribution in [0.2, 0.25) is 5.02 Å². The molecule has 8 heteroatoms. The van der Waals surface area contributed by atoms with E-state index >= 15 is 0 Å². The lowest BCUT2D eigenvalue weighted by molar-refractivity contribution is -0.159. The van der Waals surface area contributed by atoms with E-state index in [0.29, 0.717) is 0 Å². The Morgan fingerprint density at radius 2 is 1.62 bits per heavy atom. The largest absolute Gasteiger partial charge is 0.479 e. The van der Waals surface area contributed by atoms with Crippen molar-refractivity contribution in [2.75, 3.05) is 5.32 Å². The van der Waals surface area contributed by atoms with Crippen molar-refractivity contribution in [3.63, 3.8) is 0 Å². The van der Waals surface area contributed by atoms with E-state index < -0.39 is 35.7 Å². The van der Waals surface area contributed by atoms with Crippen molar-refractivity contribution >= 4 is 29.2 Å². The Bertz CT molecular complexity index is 798. The van der Waals surface area contributed by atoms with Gasteiger partial charge in [-0.25, -0.2) is 13.6 Å². The zero-order valence-corrected chi connectivity index (χ0v) is 14.7. The number of esters is 1. The van der Waals surface area contributed by atoms with Crippen molar-refractivity contribution in [3.8, 4) is 5.75 Å². The van der Waals surface area contributed by atoms with Crippen LogP contribution in [0.1, 0.15) is 13.8 Å². The maximum atomic E-state index is 13.0. The van der Waals surface area contributed by atoms with Crippen molar-refractivity contribution in [1.82, 2.24) is 0 Å². The van der Waals surface area contributed by atoms with Gasteiger partial charge >= 0.3 is 5.97 Å². The highest BCUT2D eigenvalue weighted by molar-refractivity contribution is 6.33. The van der Waals surface area contributed by atoms with Crippen LogP contribution in [0.4, 0.5) is 14.5 Å². The number of halogens is 3. The molecule has 0 saturated carbocycles. The summed E-state index contributed by atoms with van der Waals surface area (Å²) in [6.45, 7) is 2.81. The van der Waals surface area contributed by atoms with Crippen LogP contribution in [0, 0.1) is 11.6 Å². The summed E-state index contributed by atoms with van der Waals surface area (Å²) in [4.78, 5) is 24.1. The van der Waals surface area contributed by atoms with Gasteiger partial charge in [0.15, 0.2) is 12.2 Å². The second-order valence-electron chi connectivity index (χ2n) is 5.41. The van der Waals surface area contributed by atoms with Crippen molar-refractivity contribution in [3.05, 3.63) is 59.1 Å². The molecule has 0 heterocycles. The molecule has 2 aromatic rings. The molecule has 26 heavy (non-hydrogen) atoms. The second-order valence-corrected chi connectivity index (χ2v) is 5.81. The van der Waals surface area contributed by atoms with Gasteiger partial charge in [-0.15, -0.1) is 0 Å². The molecule has 138 valence electrons. The number of hydrogen-bond acceptors (Lipinski definition) is 4. The third kappa shape index (κ3) is 5.42. The van der Waals surface area contributed by atoms with E-state index in [9.17, 15) is 18.4 Å². The van der Waals surface area contributed by atoms with Crippen LogP contribution in [-0.2, 0) is 14.3 Å². The second kappa shape index (κ2) is 8.62. The summed E-state index contributed by atoms with van der Waals surface area (Å²) in [6.07, 6.45) is -2.15. The minimum Gasteiger partial charge on any atom is -0.479 e. The molecule has 1 amide bonds. The molecule has 0 aliphatic rings. The summed E-state index contributed by atoms with van der Waals surface area (Å²) < 4.78 is 36.2. The molecule has 0 radical (unpaired) electrons. The lowest BCUT2D eigenvalue weighted by atomic mass is 10.3. The zero-order chi connectivity index (χ0) is 19.3. The third-order valence-corrected chi connectivity index (χ3v) is 3.62. The van der Waals surface area contributed by atoms with Gasteiger partial charge in [0.05, 0.1) is 10.7 Å². The fourth-order valence-electron chi connectivity index (χ4n) is 1.91. The highest BCUT2D eigenvalue weighted by Crippen LogP contribution is 2.22. The molecule has 0 unspecified atom stereocenters. The number of benzene rings is 2. The number of ether oxygens (including phenoxy) is 2. The number of anilines is 1. The van der Waals surface area contributed by atoms with E-state index in [4.69, 9.17) is 21.1 Å². The topological polar surface area (TPSA) is 64.6 Å². The summed E-state index contributed by atoms with van der Waals surface area (Å²) >= 11 is 5.83. The molecule has 0 saturated heterocycles. The summed E-state index contributed by atoms with van der Waals surface area (Å²) in [5.74, 6) is -2.11. The molecule has 2 aromatic carbocycles. The van der Waals surface area contributed by atoms with Gasteiger partial charge in [0.1, 0.15) is 17.4 Å². The minimum atomic E-state index is -1.14. The predicted molar refractivity (Wildman–Crippen MR) is 92.1 cm³/mol. The summed E-state index contributed by atoms with van der Waals surface area (Å²) in [5.41, 5.74) is 0.191. The molecule has 0 spiro atoms. The standard InChI is InChI=1S/C18H16ClF2NO4/c1-10(17(23)22-16-8-5-13(21)9-15(16)19)26-18(24)11(2)25-14-6-3-12(20)4-7-14/h3-11H,1-2H3,(H,22,23)/t10-,11+/m0/s1. The van der Waals surface area contributed by atoms with Gasteiger partial charge < -0.3 is 14.8 Å². The summed E-state index contributed by atoms with van der Waals surface area (Å²) in [7, 11) is 0. The van der Waals surface area contributed by atoms with Crippen LogP contribution in [0.3, 0.4) is 0 Å². The third-order valence-electron chi connectivity index (χ3n) is 3.31. The first-order valence-electron chi connectivity index (χ1n) is 7.65. The van der Waals surface area contributed by atoms with E-state index in [1.165, 1.54) is 44.2 Å². The first-order valence-corrected chi connectivity index (χ1v) is 8.02. The highest BCUT2D eigenvalue weighted by Gasteiger charge is 2.23. The van der Waals surface area contributed by atoms with Crippen LogP contribution in [-0.4, -0.2) is 24.1 Å². The van der Waals surface area contributed by atoms with E-state index in [-0.39, 0.29) is 16.5 Å². The molecule has 0 fully saturated rings. The van der Waals surface area contributed by atoms with Crippen molar-refractivity contribution < 1.29 is 27.8 Å². The molecular formula is C18H16ClF2NO4. The number of hydrogen-bond donors (Lipinski definition) is 1. The van der Waals surface area contributed by atoms with Gasteiger partial charge in [-0.05, 0) is 56.3 Å². The number of carbonyl (C=O) groups excluding carboxylic acids is 2. The van der Waals surface area contributed by atoms with Crippen LogP contribution >= 0.6 is 11.6 Å². The Kier molecular flexibility index (Phi) is 6.52. The smallest absolute Gasteiger partial charge is 0.347 e. The first kappa shape index (κ1) is 19.7. The fraction of sp³-hybridized carbons (Fsp3) is 0.222. The van der Waals surface area contributed by atoms with E-state index in [2.05, 4.69) is 5.32 Å². The molecule has 0 aliphatic carbocycles. The lowest BCUT2D eigenvalue weighted by Crippen LogP contribution is -2.35. The monoisotopic (exact) mass is 383 g/mol. The Morgan fingerprint density at radius 1 is 1.00 bits per heavy atom. The van der Waals surface area contributed by atoms with Crippen molar-refractivity contribution in [1.29, 1.82) is 0 Å². The Hall–Kier alpha value is -2.67.